The molecule has 1 aliphatic heterocycles. The summed E-state index contributed by atoms with van der Waals surface area (Å²) in [6.45, 7) is 5.07. The van der Waals surface area contributed by atoms with E-state index in [-0.39, 0.29) is 5.91 Å². The predicted octanol–water partition coefficient (Wildman–Crippen LogP) is 3.06. The first-order valence-corrected chi connectivity index (χ1v) is 7.57. The van der Waals surface area contributed by atoms with Gasteiger partial charge in [-0.05, 0) is 19.3 Å². The Morgan fingerprint density at radius 3 is 2.37 bits per heavy atom. The Hall–Kier alpha value is -1.06. The Balaban J connectivity index is 2.33. The summed E-state index contributed by atoms with van der Waals surface area (Å²) in [4.78, 5) is 25.1. The van der Waals surface area contributed by atoms with Gasteiger partial charge in [0, 0.05) is 19.5 Å². The highest BCUT2D eigenvalue weighted by Crippen LogP contribution is 2.34. The van der Waals surface area contributed by atoms with Gasteiger partial charge in [0.25, 0.3) is 0 Å². The van der Waals surface area contributed by atoms with Crippen LogP contribution in [0.5, 0.6) is 0 Å². The first-order chi connectivity index (χ1) is 9.05. The van der Waals surface area contributed by atoms with Crippen LogP contribution in [0.25, 0.3) is 0 Å². The number of likely N-dealkylation sites (tertiary alicyclic amines) is 1. The van der Waals surface area contributed by atoms with Gasteiger partial charge in [0.1, 0.15) is 0 Å². The van der Waals surface area contributed by atoms with E-state index in [1.807, 2.05) is 6.92 Å². The minimum atomic E-state index is -0.756. The van der Waals surface area contributed by atoms with Crippen molar-refractivity contribution in [2.75, 3.05) is 13.1 Å². The monoisotopic (exact) mass is 269 g/mol. The lowest BCUT2D eigenvalue weighted by Crippen LogP contribution is -2.36. The van der Waals surface area contributed by atoms with Crippen molar-refractivity contribution in [3.8, 4) is 0 Å². The van der Waals surface area contributed by atoms with Crippen molar-refractivity contribution in [1.29, 1.82) is 0 Å². The van der Waals surface area contributed by atoms with Crippen LogP contribution in [-0.4, -0.2) is 35.0 Å². The summed E-state index contributed by atoms with van der Waals surface area (Å²) in [5, 5.41) is 9.30. The number of nitrogens with zero attached hydrogens (tertiary/aromatic N) is 1. The van der Waals surface area contributed by atoms with Gasteiger partial charge in [-0.2, -0.15) is 0 Å². The lowest BCUT2D eigenvalue weighted by Gasteiger charge is -2.23. The molecule has 1 atom stereocenters. The summed E-state index contributed by atoms with van der Waals surface area (Å²) in [6.07, 6.45) is 7.43. The molecule has 1 fully saturated rings. The fourth-order valence-corrected chi connectivity index (χ4v) is 2.74. The molecule has 0 radical (unpaired) electrons. The molecule has 0 spiro atoms. The third kappa shape index (κ3) is 4.22. The number of carboxylic acids is 1. The van der Waals surface area contributed by atoms with E-state index in [1.54, 1.807) is 4.90 Å². The van der Waals surface area contributed by atoms with E-state index in [9.17, 15) is 14.7 Å². The summed E-state index contributed by atoms with van der Waals surface area (Å²) in [6, 6.07) is 0. The molecule has 1 rings (SSSR count). The Morgan fingerprint density at radius 1 is 1.16 bits per heavy atom. The molecule has 1 aliphatic rings. The largest absolute Gasteiger partial charge is 0.481 e. The zero-order valence-corrected chi connectivity index (χ0v) is 12.3. The van der Waals surface area contributed by atoms with Gasteiger partial charge < -0.3 is 10.0 Å². The molecule has 1 amide bonds. The molecule has 0 saturated carbocycles. The number of carbonyl (C=O) groups is 2. The second kappa shape index (κ2) is 7.51. The van der Waals surface area contributed by atoms with Gasteiger partial charge >= 0.3 is 5.97 Å². The quantitative estimate of drug-likeness (QED) is 0.689. The van der Waals surface area contributed by atoms with Crippen molar-refractivity contribution < 1.29 is 14.7 Å². The molecule has 0 aromatic rings. The number of carbonyl (C=O) groups excluding carboxylic acids is 1. The third-order valence-corrected chi connectivity index (χ3v) is 4.33. The normalized spacial score (nSPS) is 22.7. The van der Waals surface area contributed by atoms with Crippen LogP contribution < -0.4 is 0 Å². The molecule has 19 heavy (non-hydrogen) atoms. The Bertz CT molecular complexity index is 317. The maximum Gasteiger partial charge on any atom is 0.311 e. The average molecular weight is 269 g/mol. The van der Waals surface area contributed by atoms with E-state index in [2.05, 4.69) is 6.92 Å². The lowest BCUT2D eigenvalue weighted by atomic mass is 9.84. The Labute approximate surface area is 116 Å². The average Bonchev–Trinajstić information content (AvgIpc) is 2.84. The van der Waals surface area contributed by atoms with Gasteiger partial charge in [-0.25, -0.2) is 0 Å². The number of rotatable bonds is 8. The van der Waals surface area contributed by atoms with Crippen molar-refractivity contribution in [1.82, 2.24) is 4.90 Å². The summed E-state index contributed by atoms with van der Waals surface area (Å²) >= 11 is 0. The molecule has 1 unspecified atom stereocenters. The van der Waals surface area contributed by atoms with Gasteiger partial charge in [0.05, 0.1) is 5.41 Å². The number of hydrogen-bond donors (Lipinski definition) is 1. The number of amides is 1. The van der Waals surface area contributed by atoms with Gasteiger partial charge in [-0.15, -0.1) is 0 Å². The molecule has 110 valence electrons. The van der Waals surface area contributed by atoms with E-state index < -0.39 is 11.4 Å². The summed E-state index contributed by atoms with van der Waals surface area (Å²) in [7, 11) is 0. The highest BCUT2D eigenvalue weighted by atomic mass is 16.4. The molecule has 1 heterocycles. The number of carboxylic acid groups (broad SMARTS) is 1. The second-order valence-corrected chi connectivity index (χ2v) is 5.67. The molecular weight excluding hydrogens is 242 g/mol. The minimum Gasteiger partial charge on any atom is -0.481 e. The molecule has 0 bridgehead atoms. The lowest BCUT2D eigenvalue weighted by molar-refractivity contribution is -0.148. The van der Waals surface area contributed by atoms with Crippen molar-refractivity contribution in [3.05, 3.63) is 0 Å². The Morgan fingerprint density at radius 2 is 1.84 bits per heavy atom. The maximum atomic E-state index is 12.0. The van der Waals surface area contributed by atoms with Crippen LogP contribution in [0, 0.1) is 5.41 Å². The van der Waals surface area contributed by atoms with Crippen molar-refractivity contribution >= 4 is 11.9 Å². The van der Waals surface area contributed by atoms with Gasteiger partial charge in [-0.3, -0.25) is 9.59 Å². The van der Waals surface area contributed by atoms with Gasteiger partial charge in [0.15, 0.2) is 0 Å². The van der Waals surface area contributed by atoms with Gasteiger partial charge in [-0.1, -0.05) is 39.5 Å². The number of aliphatic carboxylic acids is 1. The van der Waals surface area contributed by atoms with Crippen LogP contribution in [-0.2, 0) is 9.59 Å². The van der Waals surface area contributed by atoms with Crippen LogP contribution in [0.1, 0.15) is 65.2 Å². The van der Waals surface area contributed by atoms with Crippen LogP contribution >= 0.6 is 0 Å². The minimum absolute atomic E-state index is 0.132. The molecule has 4 heteroatoms. The second-order valence-electron chi connectivity index (χ2n) is 5.67. The molecule has 1 N–H and O–H groups in total. The first kappa shape index (κ1) is 16.0. The standard InChI is InChI=1S/C15H27NO3/c1-3-5-6-7-8-9-13(17)16-11-10-15(4-2,12-16)14(18)19/h3-12H2,1-2H3,(H,18,19). The van der Waals surface area contributed by atoms with E-state index >= 15 is 0 Å². The van der Waals surface area contributed by atoms with E-state index in [0.29, 0.717) is 32.4 Å². The smallest absolute Gasteiger partial charge is 0.311 e. The van der Waals surface area contributed by atoms with Crippen molar-refractivity contribution in [2.45, 2.75) is 65.2 Å². The molecule has 0 aromatic carbocycles. The summed E-state index contributed by atoms with van der Waals surface area (Å²) in [5.74, 6) is -0.624. The molecule has 0 aromatic heterocycles. The highest BCUT2D eigenvalue weighted by Gasteiger charge is 2.44. The Kier molecular flexibility index (Phi) is 6.32. The summed E-state index contributed by atoms with van der Waals surface area (Å²) in [5.41, 5.74) is -0.697. The fraction of sp³-hybridized carbons (Fsp3) is 0.867. The number of unbranched alkanes of at least 4 members (excludes halogenated alkanes) is 4. The van der Waals surface area contributed by atoms with Crippen LogP contribution in [0.2, 0.25) is 0 Å². The molecule has 4 nitrogen and oxygen atoms in total. The fourth-order valence-electron chi connectivity index (χ4n) is 2.74. The highest BCUT2D eigenvalue weighted by molar-refractivity contribution is 5.80. The maximum absolute atomic E-state index is 12.0. The van der Waals surface area contributed by atoms with Crippen molar-refractivity contribution in [3.63, 3.8) is 0 Å². The van der Waals surface area contributed by atoms with E-state index in [1.165, 1.54) is 19.3 Å². The third-order valence-electron chi connectivity index (χ3n) is 4.33. The molecular formula is C15H27NO3. The van der Waals surface area contributed by atoms with Crippen LogP contribution in [0.3, 0.4) is 0 Å². The predicted molar refractivity (Wildman–Crippen MR) is 74.9 cm³/mol. The van der Waals surface area contributed by atoms with E-state index in [4.69, 9.17) is 0 Å². The summed E-state index contributed by atoms with van der Waals surface area (Å²) < 4.78 is 0. The number of hydrogen-bond acceptors (Lipinski definition) is 2. The first-order valence-electron chi connectivity index (χ1n) is 7.57. The van der Waals surface area contributed by atoms with Crippen LogP contribution in [0.15, 0.2) is 0 Å². The zero-order valence-electron chi connectivity index (χ0n) is 12.3. The van der Waals surface area contributed by atoms with E-state index in [0.717, 1.165) is 12.8 Å². The topological polar surface area (TPSA) is 57.6 Å². The SMILES string of the molecule is CCCCCCCC(=O)N1CCC(CC)(C(=O)O)C1. The van der Waals surface area contributed by atoms with Crippen LogP contribution in [0.4, 0.5) is 0 Å². The zero-order chi connectivity index (χ0) is 14.3. The molecule has 0 aliphatic carbocycles. The van der Waals surface area contributed by atoms with Gasteiger partial charge in [0.2, 0.25) is 5.91 Å². The van der Waals surface area contributed by atoms with Crippen molar-refractivity contribution in [2.24, 2.45) is 5.41 Å². The molecule has 1 saturated heterocycles.